The van der Waals surface area contributed by atoms with Gasteiger partial charge in [0.25, 0.3) is 0 Å². The van der Waals surface area contributed by atoms with E-state index in [2.05, 4.69) is 16.4 Å². The summed E-state index contributed by atoms with van der Waals surface area (Å²) in [6.07, 6.45) is 0. The van der Waals surface area contributed by atoms with E-state index in [1.807, 2.05) is 19.9 Å². The number of nitrogens with zero attached hydrogens (tertiary/aromatic N) is 2. The number of anilines is 2. The fourth-order valence-electron chi connectivity index (χ4n) is 1.99. The van der Waals surface area contributed by atoms with Crippen LogP contribution in [0.3, 0.4) is 0 Å². The van der Waals surface area contributed by atoms with Crippen molar-refractivity contribution in [1.82, 2.24) is 4.98 Å². The average molecular weight is 288 g/mol. The van der Waals surface area contributed by atoms with E-state index in [9.17, 15) is 5.26 Å². The molecule has 0 saturated heterocycles. The highest BCUT2D eigenvalue weighted by Gasteiger charge is 2.11. The molecule has 1 heterocycles. The normalized spacial score (nSPS) is 9.95. The maximum atomic E-state index is 9.26. The molecule has 0 spiro atoms. The molecular weight excluding hydrogens is 274 g/mol. The summed E-state index contributed by atoms with van der Waals surface area (Å²) in [4.78, 5) is 4.29. The Hall–Kier alpha value is -2.25. The van der Waals surface area contributed by atoms with Crippen LogP contribution in [0.2, 0.25) is 5.02 Å². The van der Waals surface area contributed by atoms with Crippen LogP contribution >= 0.6 is 11.6 Å². The van der Waals surface area contributed by atoms with E-state index in [0.29, 0.717) is 33.4 Å². The second-order valence-corrected chi connectivity index (χ2v) is 4.79. The molecule has 102 valence electrons. The summed E-state index contributed by atoms with van der Waals surface area (Å²) in [6, 6.07) is 9.27. The number of rotatable bonds is 3. The van der Waals surface area contributed by atoms with Gasteiger partial charge in [0.2, 0.25) is 0 Å². The van der Waals surface area contributed by atoms with E-state index in [0.717, 1.165) is 5.69 Å². The standard InChI is InChI=1S/C15H14ClN3O/c1-9-6-13(12(8-17)10(2)18-9)19-14-7-11(16)4-5-15(14)20-3/h4-7H,1-3H3,(H,18,19). The molecule has 2 aromatic rings. The molecule has 0 atom stereocenters. The number of pyridine rings is 1. The number of methoxy groups -OCH3 is 1. The van der Waals surface area contributed by atoms with Crippen molar-refractivity contribution in [2.75, 3.05) is 12.4 Å². The third-order valence-corrected chi connectivity index (χ3v) is 3.11. The molecule has 1 N–H and O–H groups in total. The number of aryl methyl sites for hydroxylation is 2. The molecule has 20 heavy (non-hydrogen) atoms. The molecule has 0 aliphatic rings. The fourth-order valence-corrected chi connectivity index (χ4v) is 2.16. The van der Waals surface area contributed by atoms with Gasteiger partial charge in [0.1, 0.15) is 11.8 Å². The maximum Gasteiger partial charge on any atom is 0.142 e. The largest absolute Gasteiger partial charge is 0.495 e. The van der Waals surface area contributed by atoms with E-state index in [4.69, 9.17) is 16.3 Å². The van der Waals surface area contributed by atoms with Crippen molar-refractivity contribution in [2.45, 2.75) is 13.8 Å². The van der Waals surface area contributed by atoms with E-state index in [-0.39, 0.29) is 0 Å². The van der Waals surface area contributed by atoms with Crippen molar-refractivity contribution in [3.8, 4) is 11.8 Å². The topological polar surface area (TPSA) is 57.9 Å². The molecule has 5 heteroatoms. The Morgan fingerprint density at radius 3 is 2.65 bits per heavy atom. The highest BCUT2D eigenvalue weighted by atomic mass is 35.5. The van der Waals surface area contributed by atoms with Gasteiger partial charge in [0, 0.05) is 10.7 Å². The number of nitrogens with one attached hydrogen (secondary N) is 1. The van der Waals surface area contributed by atoms with Crippen LogP contribution in [0.15, 0.2) is 24.3 Å². The van der Waals surface area contributed by atoms with Crippen molar-refractivity contribution in [1.29, 1.82) is 5.26 Å². The smallest absolute Gasteiger partial charge is 0.142 e. The highest BCUT2D eigenvalue weighted by molar-refractivity contribution is 6.31. The maximum absolute atomic E-state index is 9.26. The van der Waals surface area contributed by atoms with Gasteiger partial charge in [-0.05, 0) is 38.1 Å². The summed E-state index contributed by atoms with van der Waals surface area (Å²) >= 11 is 6.00. The minimum absolute atomic E-state index is 0.512. The van der Waals surface area contributed by atoms with Gasteiger partial charge < -0.3 is 10.1 Å². The highest BCUT2D eigenvalue weighted by Crippen LogP contribution is 2.32. The van der Waals surface area contributed by atoms with Gasteiger partial charge in [-0.3, -0.25) is 4.98 Å². The molecular formula is C15H14ClN3O. The molecule has 1 aromatic heterocycles. The summed E-state index contributed by atoms with van der Waals surface area (Å²) in [7, 11) is 1.59. The van der Waals surface area contributed by atoms with Crippen LogP contribution in [-0.2, 0) is 0 Å². The van der Waals surface area contributed by atoms with Crippen molar-refractivity contribution in [2.24, 2.45) is 0 Å². The molecule has 1 aromatic carbocycles. The van der Waals surface area contributed by atoms with E-state index in [1.165, 1.54) is 0 Å². The second kappa shape index (κ2) is 5.81. The number of nitriles is 1. The van der Waals surface area contributed by atoms with Crippen LogP contribution in [-0.4, -0.2) is 12.1 Å². The molecule has 0 saturated carbocycles. The van der Waals surface area contributed by atoms with Gasteiger partial charge in [0.05, 0.1) is 29.7 Å². The first-order valence-corrected chi connectivity index (χ1v) is 6.42. The third kappa shape index (κ3) is 2.84. The summed E-state index contributed by atoms with van der Waals surface area (Å²) in [5.74, 6) is 0.658. The molecule has 0 aliphatic heterocycles. The van der Waals surface area contributed by atoms with Crippen LogP contribution in [0.4, 0.5) is 11.4 Å². The molecule has 0 aliphatic carbocycles. The Balaban J connectivity index is 2.50. The minimum Gasteiger partial charge on any atom is -0.495 e. The Bertz CT molecular complexity index is 692. The Kier molecular flexibility index (Phi) is 4.11. The Labute approximate surface area is 123 Å². The number of ether oxygens (including phenoxy) is 1. The summed E-state index contributed by atoms with van der Waals surface area (Å²) in [6.45, 7) is 3.69. The van der Waals surface area contributed by atoms with Gasteiger partial charge in [-0.15, -0.1) is 0 Å². The van der Waals surface area contributed by atoms with Crippen LogP contribution in [0, 0.1) is 25.2 Å². The lowest BCUT2D eigenvalue weighted by atomic mass is 10.1. The molecule has 0 radical (unpaired) electrons. The SMILES string of the molecule is COc1ccc(Cl)cc1Nc1cc(C)nc(C)c1C#N. The van der Waals surface area contributed by atoms with Crippen molar-refractivity contribution < 1.29 is 4.74 Å². The monoisotopic (exact) mass is 287 g/mol. The third-order valence-electron chi connectivity index (χ3n) is 2.87. The molecule has 0 amide bonds. The van der Waals surface area contributed by atoms with Crippen molar-refractivity contribution in [3.63, 3.8) is 0 Å². The van der Waals surface area contributed by atoms with E-state index >= 15 is 0 Å². The average Bonchev–Trinajstić information content (AvgIpc) is 2.38. The molecule has 0 bridgehead atoms. The van der Waals surface area contributed by atoms with Crippen molar-refractivity contribution in [3.05, 3.63) is 46.2 Å². The summed E-state index contributed by atoms with van der Waals surface area (Å²) in [5.41, 5.74) is 3.44. The predicted molar refractivity (Wildman–Crippen MR) is 79.7 cm³/mol. The van der Waals surface area contributed by atoms with Crippen LogP contribution in [0.25, 0.3) is 0 Å². The van der Waals surface area contributed by atoms with Gasteiger partial charge in [0.15, 0.2) is 0 Å². The summed E-state index contributed by atoms with van der Waals surface area (Å²) < 4.78 is 5.29. The van der Waals surface area contributed by atoms with E-state index < -0.39 is 0 Å². The van der Waals surface area contributed by atoms with Gasteiger partial charge in [-0.2, -0.15) is 5.26 Å². The molecule has 0 unspecified atom stereocenters. The lowest BCUT2D eigenvalue weighted by Crippen LogP contribution is -2.01. The van der Waals surface area contributed by atoms with Gasteiger partial charge in [-0.25, -0.2) is 0 Å². The van der Waals surface area contributed by atoms with Crippen LogP contribution in [0.1, 0.15) is 17.0 Å². The Morgan fingerprint density at radius 2 is 2.00 bits per heavy atom. The van der Waals surface area contributed by atoms with Crippen LogP contribution < -0.4 is 10.1 Å². The molecule has 2 rings (SSSR count). The molecule has 0 fully saturated rings. The van der Waals surface area contributed by atoms with E-state index in [1.54, 1.807) is 25.3 Å². The summed E-state index contributed by atoms with van der Waals surface area (Å²) in [5, 5.41) is 13.0. The number of aromatic nitrogens is 1. The predicted octanol–water partition coefficient (Wildman–Crippen LogP) is 3.98. The number of hydrogen-bond donors (Lipinski definition) is 1. The number of hydrogen-bond acceptors (Lipinski definition) is 4. The van der Waals surface area contributed by atoms with Crippen LogP contribution in [0.5, 0.6) is 5.75 Å². The first-order chi connectivity index (χ1) is 9.55. The zero-order valence-electron chi connectivity index (χ0n) is 11.5. The fraction of sp³-hybridized carbons (Fsp3) is 0.200. The van der Waals surface area contributed by atoms with Gasteiger partial charge in [-0.1, -0.05) is 11.6 Å². The van der Waals surface area contributed by atoms with Crippen molar-refractivity contribution >= 4 is 23.0 Å². The zero-order valence-corrected chi connectivity index (χ0v) is 12.2. The minimum atomic E-state index is 0.512. The lowest BCUT2D eigenvalue weighted by Gasteiger charge is -2.14. The zero-order chi connectivity index (χ0) is 14.7. The Morgan fingerprint density at radius 1 is 1.25 bits per heavy atom. The molecule has 4 nitrogen and oxygen atoms in total. The quantitative estimate of drug-likeness (QED) is 0.928. The van der Waals surface area contributed by atoms with Gasteiger partial charge >= 0.3 is 0 Å². The number of halogens is 1. The lowest BCUT2D eigenvalue weighted by molar-refractivity contribution is 0.417. The first-order valence-electron chi connectivity index (χ1n) is 6.04. The number of benzene rings is 1. The second-order valence-electron chi connectivity index (χ2n) is 4.35. The first kappa shape index (κ1) is 14.2.